The van der Waals surface area contributed by atoms with Gasteiger partial charge in [-0.3, -0.25) is 13.9 Å². The largest absolute Gasteiger partial charge is 0.755 e. The highest BCUT2D eigenvalue weighted by Crippen LogP contribution is 2.27. The lowest BCUT2D eigenvalue weighted by Crippen LogP contribution is -2.49. The van der Waals surface area contributed by atoms with E-state index in [0.717, 1.165) is 0 Å². The molecule has 0 aliphatic carbocycles. The summed E-state index contributed by atoms with van der Waals surface area (Å²) >= 11 is -2.44. The minimum Gasteiger partial charge on any atom is -0.755 e. The Labute approximate surface area is 168 Å². The van der Waals surface area contributed by atoms with Crippen molar-refractivity contribution in [2.24, 2.45) is 0 Å². The third-order valence-corrected chi connectivity index (χ3v) is 5.35. The number of carbonyl (C=O) groups excluding carboxylic acids is 1. The maximum Gasteiger partial charge on any atom is 0.253 e. The van der Waals surface area contributed by atoms with E-state index in [1.54, 1.807) is 11.8 Å². The molecular formula is C19H19F3N3O3S-. The zero-order valence-electron chi connectivity index (χ0n) is 15.5. The van der Waals surface area contributed by atoms with E-state index in [4.69, 9.17) is 0 Å². The molecule has 2 aromatic carbocycles. The molecule has 1 saturated heterocycles. The van der Waals surface area contributed by atoms with Gasteiger partial charge in [-0.2, -0.15) is 0 Å². The molecule has 2 aromatic rings. The molecule has 6 nitrogen and oxygen atoms in total. The number of nitrogens with one attached hydrogen (secondary N) is 1. The average Bonchev–Trinajstić information content (AvgIpc) is 2.67. The Balaban J connectivity index is 1.63. The molecule has 156 valence electrons. The van der Waals surface area contributed by atoms with Crippen LogP contribution < -0.4 is 4.72 Å². The van der Waals surface area contributed by atoms with E-state index in [-0.39, 0.29) is 11.5 Å². The van der Waals surface area contributed by atoms with Crippen molar-refractivity contribution in [1.82, 2.24) is 9.80 Å². The molecule has 0 aromatic heterocycles. The van der Waals surface area contributed by atoms with Crippen LogP contribution in [0.15, 0.2) is 36.4 Å². The molecule has 0 spiro atoms. The summed E-state index contributed by atoms with van der Waals surface area (Å²) in [5.41, 5.74) is 0.561. The number of hydrogen-bond acceptors (Lipinski definition) is 4. The van der Waals surface area contributed by atoms with Crippen molar-refractivity contribution < 1.29 is 26.7 Å². The predicted molar refractivity (Wildman–Crippen MR) is 101 cm³/mol. The molecule has 0 radical (unpaired) electrons. The van der Waals surface area contributed by atoms with Crippen molar-refractivity contribution in [2.75, 3.05) is 30.9 Å². The molecule has 29 heavy (non-hydrogen) atoms. The molecule has 1 aliphatic heterocycles. The Morgan fingerprint density at radius 3 is 2.14 bits per heavy atom. The van der Waals surface area contributed by atoms with E-state index in [2.05, 4.69) is 4.72 Å². The molecule has 1 fully saturated rings. The zero-order valence-corrected chi connectivity index (χ0v) is 16.3. The topological polar surface area (TPSA) is 75.7 Å². The van der Waals surface area contributed by atoms with Crippen LogP contribution in [0.2, 0.25) is 0 Å². The number of piperazine rings is 1. The summed E-state index contributed by atoms with van der Waals surface area (Å²) in [5, 5.41) is 0. The van der Waals surface area contributed by atoms with E-state index in [0.29, 0.717) is 49.6 Å². The molecule has 0 saturated carbocycles. The van der Waals surface area contributed by atoms with Gasteiger partial charge >= 0.3 is 0 Å². The van der Waals surface area contributed by atoms with Gasteiger partial charge in [0.1, 0.15) is 17.5 Å². The van der Waals surface area contributed by atoms with Crippen molar-refractivity contribution in [3.05, 3.63) is 65.0 Å². The van der Waals surface area contributed by atoms with Crippen LogP contribution in [-0.2, 0) is 11.3 Å². The van der Waals surface area contributed by atoms with Gasteiger partial charge in [0.25, 0.3) is 5.91 Å². The van der Waals surface area contributed by atoms with Crippen LogP contribution in [-0.4, -0.2) is 50.6 Å². The number of nitrogens with zero attached hydrogens (tertiary/aromatic N) is 2. The zero-order chi connectivity index (χ0) is 21.1. The van der Waals surface area contributed by atoms with Crippen LogP contribution in [0, 0.1) is 17.5 Å². The Bertz CT molecular complexity index is 896. The second-order valence-corrected chi connectivity index (χ2v) is 7.37. The van der Waals surface area contributed by atoms with Gasteiger partial charge in [0.05, 0.1) is 0 Å². The molecule has 3 rings (SSSR count). The van der Waals surface area contributed by atoms with Crippen LogP contribution in [0.1, 0.15) is 28.9 Å². The molecule has 1 aliphatic rings. The molecule has 1 N–H and O–H groups in total. The maximum absolute atomic E-state index is 14.0. The standard InChI is InChI=1S/C19H20F3N3O3S/c1-12(18-16(21)10-14(20)11-17(18)22)24-6-8-25(9-7-24)19(26)13-2-4-15(5-3-13)23-29(27)28/h2-5,10-12,23H,6-9H2,1H3,(H,27,28)/p-1. The second kappa shape index (κ2) is 8.93. The van der Waals surface area contributed by atoms with E-state index >= 15 is 0 Å². The number of halogens is 3. The SMILES string of the molecule is CC(c1c(F)cc(F)cc1F)N1CCN(C(=O)c2ccc(NS(=O)[O-])cc2)CC1. The first-order valence-electron chi connectivity index (χ1n) is 8.90. The summed E-state index contributed by atoms with van der Waals surface area (Å²) in [6.45, 7) is 3.16. The monoisotopic (exact) mass is 426 g/mol. The minimum absolute atomic E-state index is 0.190. The first-order chi connectivity index (χ1) is 13.8. The summed E-state index contributed by atoms with van der Waals surface area (Å²) < 4.78 is 64.7. The van der Waals surface area contributed by atoms with Crippen molar-refractivity contribution in [3.8, 4) is 0 Å². The number of benzene rings is 2. The lowest BCUT2D eigenvalue weighted by Gasteiger charge is -2.38. The summed E-state index contributed by atoms with van der Waals surface area (Å²) in [4.78, 5) is 16.1. The average molecular weight is 426 g/mol. The van der Waals surface area contributed by atoms with Gasteiger partial charge in [0.2, 0.25) is 0 Å². The molecule has 10 heteroatoms. The van der Waals surface area contributed by atoms with E-state index in [1.807, 2.05) is 4.90 Å². The molecule has 2 atom stereocenters. The number of carbonyl (C=O) groups is 1. The Morgan fingerprint density at radius 2 is 1.62 bits per heavy atom. The van der Waals surface area contributed by atoms with Crippen molar-refractivity contribution in [2.45, 2.75) is 13.0 Å². The van der Waals surface area contributed by atoms with Gasteiger partial charge < -0.3 is 14.2 Å². The van der Waals surface area contributed by atoms with Gasteiger partial charge in [0, 0.05) is 72.4 Å². The van der Waals surface area contributed by atoms with E-state index in [9.17, 15) is 26.7 Å². The van der Waals surface area contributed by atoms with Crippen LogP contribution in [0.5, 0.6) is 0 Å². The normalized spacial score (nSPS) is 17.1. The van der Waals surface area contributed by atoms with Gasteiger partial charge in [-0.05, 0) is 31.2 Å². The summed E-state index contributed by atoms with van der Waals surface area (Å²) in [6.07, 6.45) is 0. The lowest BCUT2D eigenvalue weighted by atomic mass is 10.0. The molecule has 0 bridgehead atoms. The van der Waals surface area contributed by atoms with E-state index in [1.165, 1.54) is 24.3 Å². The highest BCUT2D eigenvalue weighted by Gasteiger charge is 2.28. The van der Waals surface area contributed by atoms with Crippen LogP contribution in [0.3, 0.4) is 0 Å². The molecule has 1 amide bonds. The fourth-order valence-corrected chi connectivity index (χ4v) is 3.74. The Kier molecular flexibility index (Phi) is 6.56. The number of rotatable bonds is 5. The molecule has 2 unspecified atom stereocenters. The smallest absolute Gasteiger partial charge is 0.253 e. The van der Waals surface area contributed by atoms with Gasteiger partial charge in [-0.1, -0.05) is 0 Å². The molecule has 1 heterocycles. The number of amides is 1. The summed E-state index contributed by atoms with van der Waals surface area (Å²) in [5.74, 6) is -3.04. The van der Waals surface area contributed by atoms with Gasteiger partial charge in [-0.25, -0.2) is 13.2 Å². The van der Waals surface area contributed by atoms with Crippen LogP contribution in [0.25, 0.3) is 0 Å². The quantitative estimate of drug-likeness (QED) is 0.746. The lowest BCUT2D eigenvalue weighted by molar-refractivity contribution is 0.0575. The third-order valence-electron chi connectivity index (χ3n) is 4.94. The highest BCUT2D eigenvalue weighted by atomic mass is 32.2. The Morgan fingerprint density at radius 1 is 1.07 bits per heavy atom. The molecular weight excluding hydrogens is 407 g/mol. The van der Waals surface area contributed by atoms with Crippen molar-refractivity contribution in [1.29, 1.82) is 0 Å². The van der Waals surface area contributed by atoms with Crippen LogP contribution in [0.4, 0.5) is 18.9 Å². The van der Waals surface area contributed by atoms with Crippen molar-refractivity contribution in [3.63, 3.8) is 0 Å². The van der Waals surface area contributed by atoms with E-state index < -0.39 is 34.8 Å². The minimum atomic E-state index is -2.44. The fourth-order valence-electron chi connectivity index (χ4n) is 3.41. The second-order valence-electron chi connectivity index (χ2n) is 6.70. The third kappa shape index (κ3) is 4.95. The summed E-state index contributed by atoms with van der Waals surface area (Å²) in [7, 11) is 0. The highest BCUT2D eigenvalue weighted by molar-refractivity contribution is 7.80. The number of anilines is 1. The van der Waals surface area contributed by atoms with Gasteiger partial charge in [-0.15, -0.1) is 0 Å². The first kappa shape index (κ1) is 21.3. The predicted octanol–water partition coefficient (Wildman–Crippen LogP) is 2.83. The maximum atomic E-state index is 14.0. The van der Waals surface area contributed by atoms with Crippen LogP contribution >= 0.6 is 0 Å². The van der Waals surface area contributed by atoms with Gasteiger partial charge in [0.15, 0.2) is 0 Å². The summed E-state index contributed by atoms with van der Waals surface area (Å²) in [6, 6.07) is 6.74. The van der Waals surface area contributed by atoms with Crippen molar-refractivity contribution >= 4 is 22.9 Å². The Hall–Kier alpha value is -2.43. The first-order valence-corrected chi connectivity index (χ1v) is 9.97. The fraction of sp³-hybridized carbons (Fsp3) is 0.316. The number of hydrogen-bond donors (Lipinski definition) is 1.